The van der Waals surface area contributed by atoms with Gasteiger partial charge in [-0.15, -0.1) is 0 Å². The standard InChI is InChI=1S/C13H9.C13H21.C7H6.2ClH.Zr/c1-3-7-12-10(5-1)9-11-6-2-4-8-13(11)12;1-6-10-8-11(7-2)12(9-10)13(3,4)5;1-7-5-3-2-4-6-7;;;/h1-9H;9-10H,6-7H2,1-5H3;1-6H;2*1H;/q;;;;;+2/p-2. The van der Waals surface area contributed by atoms with E-state index in [0.29, 0.717) is 9.54 Å². The van der Waals surface area contributed by atoms with Gasteiger partial charge in [0.1, 0.15) is 0 Å². The van der Waals surface area contributed by atoms with Gasteiger partial charge in [0.2, 0.25) is 0 Å². The molecule has 3 aromatic rings. The Labute approximate surface area is 237 Å². The topological polar surface area (TPSA) is 0 Å². The Morgan fingerprint density at radius 3 is 1.78 bits per heavy atom. The Kier molecular flexibility index (Phi) is 9.59. The maximum absolute atomic E-state index is 2.76. The first-order chi connectivity index (χ1) is 16.4. The van der Waals surface area contributed by atoms with E-state index in [9.17, 15) is 0 Å². The van der Waals surface area contributed by atoms with Crippen LogP contribution in [0.2, 0.25) is 0 Å². The van der Waals surface area contributed by atoms with Gasteiger partial charge < -0.3 is 24.8 Å². The minimum Gasteiger partial charge on any atom is -1.00 e. The molecular formula is C33H36Cl2Zr. The van der Waals surface area contributed by atoms with E-state index in [0.717, 1.165) is 6.42 Å². The Morgan fingerprint density at radius 2 is 1.28 bits per heavy atom. The smallest absolute Gasteiger partial charge is 1.00 e. The summed E-state index contributed by atoms with van der Waals surface area (Å²) in [6.45, 7) is 12.0. The molecule has 2 aliphatic rings. The quantitative estimate of drug-likeness (QED) is 0.427. The van der Waals surface area contributed by atoms with Gasteiger partial charge in [0.05, 0.1) is 0 Å². The van der Waals surface area contributed by atoms with Crippen molar-refractivity contribution in [1.82, 2.24) is 0 Å². The SMILES string of the molecule is CCC1=[C](/[Zr+2](=[CH]/c2ccccc2)[CH]2c3ccccc3-c3ccccc32)C(CC)C=C1C(C)(C)C.[Cl-].[Cl-]. The van der Waals surface area contributed by atoms with Gasteiger partial charge in [-0.1, -0.05) is 0 Å². The van der Waals surface area contributed by atoms with Crippen LogP contribution < -0.4 is 24.8 Å². The zero-order valence-electron chi connectivity index (χ0n) is 22.0. The molecule has 0 heterocycles. The molecule has 0 aromatic heterocycles. The fraction of sp³-hybridized carbons (Fsp3) is 0.303. The number of halogens is 2. The van der Waals surface area contributed by atoms with Crippen molar-refractivity contribution in [3.63, 3.8) is 0 Å². The van der Waals surface area contributed by atoms with E-state index in [1.807, 2.05) is 3.28 Å². The zero-order chi connectivity index (χ0) is 23.9. The van der Waals surface area contributed by atoms with Crippen molar-refractivity contribution in [2.75, 3.05) is 0 Å². The summed E-state index contributed by atoms with van der Waals surface area (Å²) in [5.41, 5.74) is 10.9. The molecule has 0 aliphatic heterocycles. The van der Waals surface area contributed by atoms with Crippen molar-refractivity contribution in [2.24, 2.45) is 11.3 Å². The molecule has 0 radical (unpaired) electrons. The fourth-order valence-electron chi connectivity index (χ4n) is 6.08. The van der Waals surface area contributed by atoms with Crippen molar-refractivity contribution in [3.05, 3.63) is 116 Å². The number of rotatable bonds is 5. The van der Waals surface area contributed by atoms with Crippen LogP contribution in [0, 0.1) is 11.3 Å². The van der Waals surface area contributed by atoms with Crippen LogP contribution in [-0.2, 0) is 21.3 Å². The van der Waals surface area contributed by atoms with E-state index in [1.54, 1.807) is 22.3 Å². The molecule has 2 aliphatic carbocycles. The summed E-state index contributed by atoms with van der Waals surface area (Å²) >= 11 is -2.40. The van der Waals surface area contributed by atoms with E-state index in [4.69, 9.17) is 0 Å². The molecule has 0 spiro atoms. The summed E-state index contributed by atoms with van der Waals surface area (Å²) in [6, 6.07) is 29.6. The predicted molar refractivity (Wildman–Crippen MR) is 144 cm³/mol. The summed E-state index contributed by atoms with van der Waals surface area (Å²) in [7, 11) is 0. The monoisotopic (exact) mass is 592 g/mol. The molecule has 1 unspecified atom stereocenters. The Bertz CT molecular complexity index is 1260. The van der Waals surface area contributed by atoms with Gasteiger partial charge in [0.15, 0.2) is 0 Å². The molecule has 0 saturated heterocycles. The van der Waals surface area contributed by atoms with Crippen LogP contribution in [0.3, 0.4) is 0 Å². The molecular weight excluding hydrogens is 558 g/mol. The normalized spacial score (nSPS) is 16.7. The molecule has 186 valence electrons. The van der Waals surface area contributed by atoms with E-state index in [2.05, 4.69) is 123 Å². The third kappa shape index (κ3) is 5.22. The van der Waals surface area contributed by atoms with Crippen LogP contribution in [0.15, 0.2) is 99.4 Å². The van der Waals surface area contributed by atoms with Crippen LogP contribution in [0.25, 0.3) is 11.1 Å². The molecule has 3 heteroatoms. The second-order valence-corrected chi connectivity index (χ2v) is 16.4. The number of hydrogen-bond acceptors (Lipinski definition) is 0. The molecule has 0 nitrogen and oxygen atoms in total. The van der Waals surface area contributed by atoms with Crippen LogP contribution in [0.4, 0.5) is 0 Å². The molecule has 0 amide bonds. The minimum atomic E-state index is -2.40. The van der Waals surface area contributed by atoms with E-state index in [-0.39, 0.29) is 30.2 Å². The van der Waals surface area contributed by atoms with Crippen LogP contribution in [0.1, 0.15) is 67.8 Å². The fourth-order valence-corrected chi connectivity index (χ4v) is 15.3. The van der Waals surface area contributed by atoms with E-state index < -0.39 is 21.3 Å². The largest absolute Gasteiger partial charge is 1.00 e. The maximum Gasteiger partial charge on any atom is -1.00 e. The van der Waals surface area contributed by atoms with Crippen molar-refractivity contribution in [2.45, 2.75) is 51.1 Å². The molecule has 0 N–H and O–H groups in total. The maximum atomic E-state index is 2.76. The van der Waals surface area contributed by atoms with Crippen molar-refractivity contribution < 1.29 is 46.1 Å². The summed E-state index contributed by atoms with van der Waals surface area (Å²) < 4.78 is 5.14. The summed E-state index contributed by atoms with van der Waals surface area (Å²) in [5, 5.41) is 0. The van der Waals surface area contributed by atoms with Crippen molar-refractivity contribution in [1.29, 1.82) is 0 Å². The molecule has 0 bridgehead atoms. The molecule has 3 aromatic carbocycles. The Morgan fingerprint density at radius 1 is 0.750 bits per heavy atom. The average Bonchev–Trinajstić information content (AvgIpc) is 3.39. The second kappa shape index (κ2) is 11.9. The number of benzene rings is 3. The number of hydrogen-bond donors (Lipinski definition) is 0. The van der Waals surface area contributed by atoms with E-state index in [1.165, 1.54) is 23.1 Å². The van der Waals surface area contributed by atoms with Gasteiger partial charge in [-0.2, -0.15) is 0 Å². The Hall–Kier alpha value is -1.53. The molecule has 1 atom stereocenters. The average molecular weight is 595 g/mol. The predicted octanol–water partition coefficient (Wildman–Crippen LogP) is 2.91. The van der Waals surface area contributed by atoms with Gasteiger partial charge in [0, 0.05) is 0 Å². The van der Waals surface area contributed by atoms with Gasteiger partial charge in [-0.05, 0) is 0 Å². The zero-order valence-corrected chi connectivity index (χ0v) is 26.0. The third-order valence-electron chi connectivity index (χ3n) is 7.57. The van der Waals surface area contributed by atoms with Crippen LogP contribution in [0.5, 0.6) is 0 Å². The minimum absolute atomic E-state index is 0. The van der Waals surface area contributed by atoms with Crippen LogP contribution in [-0.4, -0.2) is 3.71 Å². The molecule has 36 heavy (non-hydrogen) atoms. The van der Waals surface area contributed by atoms with Crippen LogP contribution >= 0.6 is 0 Å². The van der Waals surface area contributed by atoms with Gasteiger partial charge in [-0.25, -0.2) is 0 Å². The van der Waals surface area contributed by atoms with Gasteiger partial charge >= 0.3 is 215 Å². The summed E-state index contributed by atoms with van der Waals surface area (Å²) in [4.78, 5) is 0. The number of fused-ring (bicyclic) bond motifs is 3. The van der Waals surface area contributed by atoms with Crippen molar-refractivity contribution >= 4 is 3.71 Å². The first kappa shape index (κ1) is 29.0. The van der Waals surface area contributed by atoms with Gasteiger partial charge in [-0.3, -0.25) is 0 Å². The summed E-state index contributed by atoms with van der Waals surface area (Å²) in [5.74, 6) is 0.582. The van der Waals surface area contributed by atoms with E-state index >= 15 is 0 Å². The summed E-state index contributed by atoms with van der Waals surface area (Å²) in [6.07, 6.45) is 4.99. The molecule has 0 saturated carbocycles. The second-order valence-electron chi connectivity index (χ2n) is 10.7. The first-order valence-electron chi connectivity index (χ1n) is 12.8. The first-order valence-corrected chi connectivity index (χ1v) is 16.9. The molecule has 5 rings (SSSR count). The molecule has 0 fully saturated rings. The Balaban J connectivity index is 0.00000180. The third-order valence-corrected chi connectivity index (χ3v) is 15.4. The van der Waals surface area contributed by atoms with Gasteiger partial charge in [0.25, 0.3) is 0 Å². The van der Waals surface area contributed by atoms with Crippen molar-refractivity contribution in [3.8, 4) is 11.1 Å². The number of allylic oxidation sites excluding steroid dienone is 4.